The molecule has 0 N–H and O–H groups in total. The monoisotopic (exact) mass is 311 g/mol. The lowest BCUT2D eigenvalue weighted by atomic mass is 10.0. The SMILES string of the molecule is COC(=O)C1CC(N(C)C(=O)c2cccc(Cl)c2)CCO1. The zero-order valence-corrected chi connectivity index (χ0v) is 12.8. The van der Waals surface area contributed by atoms with E-state index in [9.17, 15) is 9.59 Å². The van der Waals surface area contributed by atoms with Gasteiger partial charge in [-0.3, -0.25) is 4.79 Å². The first-order valence-electron chi connectivity index (χ1n) is 6.75. The number of halogens is 1. The minimum atomic E-state index is -0.608. The molecule has 0 aromatic heterocycles. The highest BCUT2D eigenvalue weighted by molar-refractivity contribution is 6.30. The standard InChI is InChI=1S/C15H18ClNO4/c1-17(14(18)10-4-3-5-11(16)8-10)12-6-7-21-13(9-12)15(19)20-2/h3-5,8,12-13H,6-7,9H2,1-2H3. The van der Waals surface area contributed by atoms with Gasteiger partial charge in [-0.15, -0.1) is 0 Å². The van der Waals surface area contributed by atoms with E-state index in [2.05, 4.69) is 0 Å². The average molecular weight is 312 g/mol. The number of carbonyl (C=O) groups is 2. The van der Waals surface area contributed by atoms with Crippen molar-refractivity contribution in [2.24, 2.45) is 0 Å². The Hall–Kier alpha value is -1.59. The van der Waals surface area contributed by atoms with Gasteiger partial charge in [-0.05, 0) is 24.6 Å². The van der Waals surface area contributed by atoms with Crippen LogP contribution in [0.1, 0.15) is 23.2 Å². The third-order valence-electron chi connectivity index (χ3n) is 3.66. The summed E-state index contributed by atoms with van der Waals surface area (Å²) in [6.45, 7) is 0.428. The van der Waals surface area contributed by atoms with Crippen LogP contribution in [0.3, 0.4) is 0 Å². The van der Waals surface area contributed by atoms with Crippen molar-refractivity contribution in [2.45, 2.75) is 25.0 Å². The first-order chi connectivity index (χ1) is 10.0. The smallest absolute Gasteiger partial charge is 0.335 e. The van der Waals surface area contributed by atoms with E-state index < -0.39 is 12.1 Å². The second-order valence-corrected chi connectivity index (χ2v) is 5.42. The lowest BCUT2D eigenvalue weighted by Gasteiger charge is -2.34. The maximum Gasteiger partial charge on any atom is 0.335 e. The van der Waals surface area contributed by atoms with Crippen LogP contribution in [0, 0.1) is 0 Å². The van der Waals surface area contributed by atoms with Gasteiger partial charge in [0.1, 0.15) is 0 Å². The van der Waals surface area contributed by atoms with Gasteiger partial charge in [0.2, 0.25) is 0 Å². The van der Waals surface area contributed by atoms with Gasteiger partial charge in [0.15, 0.2) is 6.10 Å². The van der Waals surface area contributed by atoms with Crippen LogP contribution in [0.5, 0.6) is 0 Å². The first kappa shape index (κ1) is 15.8. The maximum atomic E-state index is 12.5. The van der Waals surface area contributed by atoms with Crippen molar-refractivity contribution in [3.63, 3.8) is 0 Å². The molecule has 1 aromatic rings. The van der Waals surface area contributed by atoms with E-state index in [0.29, 0.717) is 30.0 Å². The number of benzene rings is 1. The number of carbonyl (C=O) groups excluding carboxylic acids is 2. The molecule has 2 unspecified atom stereocenters. The Kier molecular flexibility index (Phi) is 5.20. The molecule has 1 amide bonds. The van der Waals surface area contributed by atoms with Crippen LogP contribution < -0.4 is 0 Å². The number of ether oxygens (including phenoxy) is 2. The molecule has 2 rings (SSSR count). The molecule has 2 atom stereocenters. The van der Waals surface area contributed by atoms with Gasteiger partial charge in [-0.25, -0.2) is 4.79 Å². The normalized spacial score (nSPS) is 21.7. The molecule has 5 nitrogen and oxygen atoms in total. The van der Waals surface area contributed by atoms with Crippen LogP contribution in [0.4, 0.5) is 0 Å². The van der Waals surface area contributed by atoms with Gasteiger partial charge < -0.3 is 14.4 Å². The van der Waals surface area contributed by atoms with E-state index in [-0.39, 0.29) is 11.9 Å². The molecule has 0 radical (unpaired) electrons. The minimum Gasteiger partial charge on any atom is -0.467 e. The molecule has 21 heavy (non-hydrogen) atoms. The van der Waals surface area contributed by atoms with Gasteiger partial charge in [0, 0.05) is 36.7 Å². The summed E-state index contributed by atoms with van der Waals surface area (Å²) < 4.78 is 10.1. The third kappa shape index (κ3) is 3.74. The van der Waals surface area contributed by atoms with Crippen molar-refractivity contribution in [2.75, 3.05) is 20.8 Å². The third-order valence-corrected chi connectivity index (χ3v) is 3.90. The highest BCUT2D eigenvalue weighted by atomic mass is 35.5. The summed E-state index contributed by atoms with van der Waals surface area (Å²) in [4.78, 5) is 25.6. The number of hydrogen-bond donors (Lipinski definition) is 0. The van der Waals surface area contributed by atoms with Crippen LogP contribution in [0.15, 0.2) is 24.3 Å². The highest BCUT2D eigenvalue weighted by Crippen LogP contribution is 2.21. The van der Waals surface area contributed by atoms with Gasteiger partial charge in [-0.1, -0.05) is 17.7 Å². The van der Waals surface area contributed by atoms with Crippen molar-refractivity contribution in [1.29, 1.82) is 0 Å². The van der Waals surface area contributed by atoms with E-state index in [0.717, 1.165) is 0 Å². The Labute approximate surface area is 128 Å². The minimum absolute atomic E-state index is 0.0608. The van der Waals surface area contributed by atoms with Crippen molar-refractivity contribution in [3.8, 4) is 0 Å². The molecule has 0 aliphatic carbocycles. The van der Waals surface area contributed by atoms with Crippen LogP contribution >= 0.6 is 11.6 Å². The van der Waals surface area contributed by atoms with Gasteiger partial charge >= 0.3 is 5.97 Å². The topological polar surface area (TPSA) is 55.8 Å². The zero-order valence-electron chi connectivity index (χ0n) is 12.0. The van der Waals surface area contributed by atoms with E-state index in [1.54, 1.807) is 36.2 Å². The molecule has 6 heteroatoms. The molecule has 1 aromatic carbocycles. The number of hydrogen-bond acceptors (Lipinski definition) is 4. The fraction of sp³-hybridized carbons (Fsp3) is 0.467. The number of methoxy groups -OCH3 is 1. The molecular weight excluding hydrogens is 294 g/mol. The predicted molar refractivity (Wildman–Crippen MR) is 78.3 cm³/mol. The average Bonchev–Trinajstić information content (AvgIpc) is 2.52. The lowest BCUT2D eigenvalue weighted by molar-refractivity contribution is -0.158. The summed E-state index contributed by atoms with van der Waals surface area (Å²) in [7, 11) is 3.06. The molecule has 1 saturated heterocycles. The van der Waals surface area contributed by atoms with Crippen molar-refractivity contribution in [1.82, 2.24) is 4.90 Å². The molecule has 1 fully saturated rings. The molecule has 114 valence electrons. The molecule has 1 aliphatic heterocycles. The molecule has 0 bridgehead atoms. The maximum absolute atomic E-state index is 12.5. The van der Waals surface area contributed by atoms with E-state index in [1.807, 2.05) is 0 Å². The summed E-state index contributed by atoms with van der Waals surface area (Å²) in [5.41, 5.74) is 0.533. The van der Waals surface area contributed by atoms with Gasteiger partial charge in [0.05, 0.1) is 7.11 Å². The summed E-state index contributed by atoms with van der Waals surface area (Å²) >= 11 is 5.91. The Morgan fingerprint density at radius 1 is 1.43 bits per heavy atom. The van der Waals surface area contributed by atoms with E-state index in [4.69, 9.17) is 21.1 Å². The molecular formula is C15H18ClNO4. The van der Waals surface area contributed by atoms with Crippen LogP contribution in [0.2, 0.25) is 5.02 Å². The number of nitrogens with zero attached hydrogens (tertiary/aromatic N) is 1. The summed E-state index contributed by atoms with van der Waals surface area (Å²) in [5.74, 6) is -0.517. The molecule has 0 spiro atoms. The zero-order chi connectivity index (χ0) is 15.4. The Bertz CT molecular complexity index is 534. The highest BCUT2D eigenvalue weighted by Gasteiger charge is 2.32. The summed E-state index contributed by atoms with van der Waals surface area (Å²) in [6, 6.07) is 6.76. The summed E-state index contributed by atoms with van der Waals surface area (Å²) in [6.07, 6.45) is 0.523. The number of rotatable bonds is 3. The van der Waals surface area contributed by atoms with Gasteiger partial charge in [-0.2, -0.15) is 0 Å². The Balaban J connectivity index is 2.06. The quantitative estimate of drug-likeness (QED) is 0.803. The van der Waals surface area contributed by atoms with Crippen molar-refractivity contribution >= 4 is 23.5 Å². The van der Waals surface area contributed by atoms with E-state index >= 15 is 0 Å². The number of amides is 1. The fourth-order valence-electron chi connectivity index (χ4n) is 2.42. The lowest BCUT2D eigenvalue weighted by Crippen LogP contribution is -2.45. The van der Waals surface area contributed by atoms with Crippen LogP contribution in [-0.2, 0) is 14.3 Å². The van der Waals surface area contributed by atoms with Crippen LogP contribution in [-0.4, -0.2) is 49.7 Å². The first-order valence-corrected chi connectivity index (χ1v) is 7.13. The Morgan fingerprint density at radius 3 is 2.86 bits per heavy atom. The summed E-state index contributed by atoms with van der Waals surface area (Å²) in [5, 5.41) is 0.522. The second kappa shape index (κ2) is 6.91. The fourth-order valence-corrected chi connectivity index (χ4v) is 2.61. The van der Waals surface area contributed by atoms with Crippen molar-refractivity contribution in [3.05, 3.63) is 34.9 Å². The molecule has 1 aliphatic rings. The molecule has 0 saturated carbocycles. The number of esters is 1. The largest absolute Gasteiger partial charge is 0.467 e. The predicted octanol–water partition coefficient (Wildman–Crippen LogP) is 2.13. The van der Waals surface area contributed by atoms with Crippen molar-refractivity contribution < 1.29 is 19.1 Å². The Morgan fingerprint density at radius 2 is 2.19 bits per heavy atom. The molecule has 1 heterocycles. The van der Waals surface area contributed by atoms with Gasteiger partial charge in [0.25, 0.3) is 5.91 Å². The second-order valence-electron chi connectivity index (χ2n) is 4.99. The van der Waals surface area contributed by atoms with Crippen LogP contribution in [0.25, 0.3) is 0 Å². The van der Waals surface area contributed by atoms with E-state index in [1.165, 1.54) is 7.11 Å².